The van der Waals surface area contributed by atoms with E-state index in [9.17, 15) is 13.2 Å². The predicted octanol–water partition coefficient (Wildman–Crippen LogP) is 4.05. The highest BCUT2D eigenvalue weighted by atomic mass is 32.2. The zero-order valence-electron chi connectivity index (χ0n) is 12.4. The number of aryl methyl sites for hydroxylation is 2. The van der Waals surface area contributed by atoms with Crippen LogP contribution < -0.4 is 0 Å². The molecule has 0 amide bonds. The molecule has 3 rings (SSSR count). The molecule has 0 atom stereocenters. The summed E-state index contributed by atoms with van der Waals surface area (Å²) >= 11 is 1.28. The van der Waals surface area contributed by atoms with Crippen molar-refractivity contribution in [2.24, 2.45) is 0 Å². The summed E-state index contributed by atoms with van der Waals surface area (Å²) in [5, 5.41) is 4.81. The molecule has 2 aromatic heterocycles. The van der Waals surface area contributed by atoms with Crippen LogP contribution in [-0.2, 0) is 11.9 Å². The Morgan fingerprint density at radius 1 is 1.13 bits per heavy atom. The first kappa shape index (κ1) is 15.8. The second kappa shape index (κ2) is 5.84. The number of thioether (sulfide) groups is 1. The van der Waals surface area contributed by atoms with E-state index in [1.165, 1.54) is 17.8 Å². The van der Waals surface area contributed by atoms with Crippen LogP contribution in [0.15, 0.2) is 35.5 Å². The normalized spacial score (nSPS) is 12.0. The summed E-state index contributed by atoms with van der Waals surface area (Å²) in [4.78, 5) is 8.59. The molecule has 0 bridgehead atoms. The molecule has 4 nitrogen and oxygen atoms in total. The molecule has 2 heterocycles. The molecule has 0 saturated heterocycles. The Morgan fingerprint density at radius 3 is 2.65 bits per heavy atom. The summed E-state index contributed by atoms with van der Waals surface area (Å²) in [7, 11) is 0. The third-order valence-electron chi connectivity index (χ3n) is 3.22. The van der Waals surface area contributed by atoms with Crippen molar-refractivity contribution in [3.8, 4) is 0 Å². The maximum Gasteiger partial charge on any atom is 0.416 e. The van der Waals surface area contributed by atoms with E-state index >= 15 is 0 Å². The molecule has 8 heteroatoms. The average molecular weight is 338 g/mol. The van der Waals surface area contributed by atoms with Crippen LogP contribution in [0.5, 0.6) is 0 Å². The van der Waals surface area contributed by atoms with Gasteiger partial charge in [-0.3, -0.25) is 0 Å². The largest absolute Gasteiger partial charge is 0.416 e. The van der Waals surface area contributed by atoms with Crippen molar-refractivity contribution in [3.05, 3.63) is 52.8 Å². The molecule has 0 fully saturated rings. The van der Waals surface area contributed by atoms with E-state index in [4.69, 9.17) is 0 Å². The second-order valence-electron chi connectivity index (χ2n) is 5.13. The number of hydrogen-bond acceptors (Lipinski definition) is 4. The molecular formula is C15H13F3N4S. The van der Waals surface area contributed by atoms with Gasteiger partial charge in [0.25, 0.3) is 5.78 Å². The lowest BCUT2D eigenvalue weighted by molar-refractivity contribution is -0.137. The van der Waals surface area contributed by atoms with Crippen LogP contribution in [0.4, 0.5) is 13.2 Å². The van der Waals surface area contributed by atoms with E-state index in [1.54, 1.807) is 10.6 Å². The van der Waals surface area contributed by atoms with Gasteiger partial charge in [0.2, 0.25) is 5.16 Å². The summed E-state index contributed by atoms with van der Waals surface area (Å²) in [5.74, 6) is 0.854. The summed E-state index contributed by atoms with van der Waals surface area (Å²) in [6.45, 7) is 3.77. The Balaban J connectivity index is 1.80. The van der Waals surface area contributed by atoms with Gasteiger partial charge in [-0.2, -0.15) is 18.2 Å². The number of benzene rings is 1. The van der Waals surface area contributed by atoms with Gasteiger partial charge in [-0.25, -0.2) is 9.50 Å². The van der Waals surface area contributed by atoms with E-state index in [0.29, 0.717) is 22.3 Å². The van der Waals surface area contributed by atoms with Gasteiger partial charge in [0.1, 0.15) is 0 Å². The maximum atomic E-state index is 12.7. The molecule has 0 N–H and O–H groups in total. The molecule has 1 aromatic carbocycles. The monoisotopic (exact) mass is 338 g/mol. The van der Waals surface area contributed by atoms with Gasteiger partial charge >= 0.3 is 6.18 Å². The fourth-order valence-corrected chi connectivity index (χ4v) is 2.96. The van der Waals surface area contributed by atoms with Crippen molar-refractivity contribution in [1.29, 1.82) is 0 Å². The third kappa shape index (κ3) is 3.47. The maximum absolute atomic E-state index is 12.7. The van der Waals surface area contributed by atoms with Gasteiger partial charge in [-0.15, -0.1) is 5.10 Å². The van der Waals surface area contributed by atoms with Crippen LogP contribution in [0.3, 0.4) is 0 Å². The lowest BCUT2D eigenvalue weighted by atomic mass is 10.1. The number of nitrogens with zero attached hydrogens (tertiary/aromatic N) is 4. The van der Waals surface area contributed by atoms with E-state index < -0.39 is 11.7 Å². The topological polar surface area (TPSA) is 43.1 Å². The minimum absolute atomic E-state index is 0.360. The Hall–Kier alpha value is -2.09. The molecule has 0 unspecified atom stereocenters. The quantitative estimate of drug-likeness (QED) is 0.676. The molecular weight excluding hydrogens is 325 g/mol. The van der Waals surface area contributed by atoms with Crippen LogP contribution >= 0.6 is 11.8 Å². The Morgan fingerprint density at radius 2 is 1.91 bits per heavy atom. The molecule has 3 aromatic rings. The molecule has 0 saturated carbocycles. The summed E-state index contributed by atoms with van der Waals surface area (Å²) < 4.78 is 39.8. The molecule has 0 aliphatic carbocycles. The Kier molecular flexibility index (Phi) is 4.01. The van der Waals surface area contributed by atoms with Crippen molar-refractivity contribution in [2.75, 3.05) is 0 Å². The molecule has 0 spiro atoms. The smallest absolute Gasteiger partial charge is 0.216 e. The fourth-order valence-electron chi connectivity index (χ4n) is 2.19. The number of aromatic nitrogens is 4. The highest BCUT2D eigenvalue weighted by Gasteiger charge is 2.30. The second-order valence-corrected chi connectivity index (χ2v) is 6.07. The van der Waals surface area contributed by atoms with Gasteiger partial charge in [0, 0.05) is 17.1 Å². The van der Waals surface area contributed by atoms with Gasteiger partial charge < -0.3 is 0 Å². The number of halogens is 3. The molecule has 120 valence electrons. The first-order valence-electron chi connectivity index (χ1n) is 6.83. The van der Waals surface area contributed by atoms with Crippen LogP contribution in [0.1, 0.15) is 22.5 Å². The third-order valence-corrected chi connectivity index (χ3v) is 4.13. The lowest BCUT2D eigenvalue weighted by Gasteiger charge is -2.07. The average Bonchev–Trinajstić information content (AvgIpc) is 2.88. The molecule has 0 aliphatic rings. The van der Waals surface area contributed by atoms with Crippen LogP contribution in [0, 0.1) is 13.8 Å². The van der Waals surface area contributed by atoms with Gasteiger partial charge in [0.15, 0.2) is 0 Å². The van der Waals surface area contributed by atoms with Crippen molar-refractivity contribution in [3.63, 3.8) is 0 Å². The zero-order chi connectivity index (χ0) is 16.6. The minimum atomic E-state index is -4.33. The van der Waals surface area contributed by atoms with Crippen molar-refractivity contribution in [1.82, 2.24) is 19.6 Å². The lowest BCUT2D eigenvalue weighted by Crippen LogP contribution is -2.04. The SMILES string of the molecule is Cc1cc(C)n2nc(SCc3cccc(C(F)(F)F)c3)nc2n1. The standard InChI is InChI=1S/C15H13F3N4S/c1-9-6-10(2)22-13(19-9)20-14(21-22)23-8-11-4-3-5-12(7-11)15(16,17)18/h3-7H,8H2,1-2H3. The van der Waals surface area contributed by atoms with Gasteiger partial charge in [-0.1, -0.05) is 30.0 Å². The summed E-state index contributed by atoms with van der Waals surface area (Å²) in [5.41, 5.74) is 1.68. The van der Waals surface area contributed by atoms with Crippen LogP contribution in [0.2, 0.25) is 0 Å². The highest BCUT2D eigenvalue weighted by molar-refractivity contribution is 7.98. The first-order chi connectivity index (χ1) is 10.8. The fraction of sp³-hybridized carbons (Fsp3) is 0.267. The van der Waals surface area contributed by atoms with Gasteiger partial charge in [-0.05, 0) is 31.5 Å². The minimum Gasteiger partial charge on any atom is -0.216 e. The van der Waals surface area contributed by atoms with Crippen LogP contribution in [-0.4, -0.2) is 19.6 Å². The van der Waals surface area contributed by atoms with E-state index in [0.717, 1.165) is 23.5 Å². The Labute approximate surface area is 134 Å². The van der Waals surface area contributed by atoms with E-state index in [1.807, 2.05) is 19.9 Å². The number of alkyl halides is 3. The first-order valence-corrected chi connectivity index (χ1v) is 7.81. The predicted molar refractivity (Wildman–Crippen MR) is 81.3 cm³/mol. The molecule has 23 heavy (non-hydrogen) atoms. The zero-order valence-corrected chi connectivity index (χ0v) is 13.2. The van der Waals surface area contributed by atoms with Crippen molar-refractivity contribution in [2.45, 2.75) is 30.9 Å². The van der Waals surface area contributed by atoms with E-state index in [-0.39, 0.29) is 0 Å². The van der Waals surface area contributed by atoms with Crippen molar-refractivity contribution < 1.29 is 13.2 Å². The molecule has 0 aliphatic heterocycles. The van der Waals surface area contributed by atoms with Gasteiger partial charge in [0.05, 0.1) is 5.56 Å². The summed E-state index contributed by atoms with van der Waals surface area (Å²) in [6.07, 6.45) is -4.33. The number of rotatable bonds is 3. The molecule has 0 radical (unpaired) electrons. The van der Waals surface area contributed by atoms with E-state index in [2.05, 4.69) is 15.1 Å². The van der Waals surface area contributed by atoms with Crippen molar-refractivity contribution >= 4 is 17.5 Å². The summed E-state index contributed by atoms with van der Waals surface area (Å²) in [6, 6.07) is 7.17. The highest BCUT2D eigenvalue weighted by Crippen LogP contribution is 2.30. The van der Waals surface area contributed by atoms with Crippen LogP contribution in [0.25, 0.3) is 5.78 Å². The Bertz CT molecular complexity index is 858. The number of hydrogen-bond donors (Lipinski definition) is 0. The number of fused-ring (bicyclic) bond motifs is 1.